The van der Waals surface area contributed by atoms with Gasteiger partial charge in [-0.05, 0) is 13.0 Å². The van der Waals surface area contributed by atoms with Crippen LogP contribution in [0.4, 0.5) is 4.39 Å². The van der Waals surface area contributed by atoms with Crippen LogP contribution in [0.5, 0.6) is 5.75 Å². The molecule has 1 aromatic carbocycles. The molecule has 0 saturated carbocycles. The largest absolute Gasteiger partial charge is 0.497 e. The third-order valence-corrected chi connectivity index (χ3v) is 3.11. The molecule has 2 rings (SSSR count). The minimum Gasteiger partial charge on any atom is -0.497 e. The van der Waals surface area contributed by atoms with E-state index in [0.29, 0.717) is 18.3 Å². The summed E-state index contributed by atoms with van der Waals surface area (Å²) in [5.41, 5.74) is 0.736. The highest BCUT2D eigenvalue weighted by atomic mass is 19.1. The number of halogens is 1. The fraction of sp³-hybridized carbons (Fsp3) is 0.538. The van der Waals surface area contributed by atoms with E-state index in [1.54, 1.807) is 13.2 Å². The van der Waals surface area contributed by atoms with Gasteiger partial charge in [-0.3, -0.25) is 4.90 Å². The highest BCUT2D eigenvalue weighted by molar-refractivity contribution is 5.28. The van der Waals surface area contributed by atoms with Crippen molar-refractivity contribution in [3.8, 4) is 5.75 Å². The molecule has 0 bridgehead atoms. The van der Waals surface area contributed by atoms with E-state index >= 15 is 0 Å². The molecule has 1 N–H and O–H groups in total. The minimum absolute atomic E-state index is 0.185. The molecule has 0 aliphatic carbocycles. The fourth-order valence-electron chi connectivity index (χ4n) is 2.18. The van der Waals surface area contributed by atoms with Gasteiger partial charge in [0.15, 0.2) is 0 Å². The van der Waals surface area contributed by atoms with E-state index in [0.717, 1.165) is 25.2 Å². The second-order valence-electron chi connectivity index (χ2n) is 4.55. The van der Waals surface area contributed by atoms with Crippen LogP contribution in [0.1, 0.15) is 12.5 Å². The zero-order valence-corrected chi connectivity index (χ0v) is 10.4. The van der Waals surface area contributed by atoms with Gasteiger partial charge in [-0.1, -0.05) is 6.07 Å². The van der Waals surface area contributed by atoms with Crippen LogP contribution in [-0.4, -0.2) is 37.7 Å². The van der Waals surface area contributed by atoms with Crippen LogP contribution in [0, 0.1) is 5.82 Å². The van der Waals surface area contributed by atoms with Gasteiger partial charge in [0.05, 0.1) is 7.11 Å². The molecule has 0 radical (unpaired) electrons. The minimum atomic E-state index is -0.185. The molecule has 1 heterocycles. The third kappa shape index (κ3) is 3.17. The van der Waals surface area contributed by atoms with Crippen molar-refractivity contribution in [2.75, 3.05) is 26.7 Å². The summed E-state index contributed by atoms with van der Waals surface area (Å²) in [4.78, 5) is 2.27. The maximum atomic E-state index is 13.8. The van der Waals surface area contributed by atoms with Gasteiger partial charge in [0, 0.05) is 43.9 Å². The Labute approximate surface area is 102 Å². The maximum absolute atomic E-state index is 13.8. The van der Waals surface area contributed by atoms with Crippen molar-refractivity contribution in [3.05, 3.63) is 29.6 Å². The Morgan fingerprint density at radius 1 is 1.53 bits per heavy atom. The van der Waals surface area contributed by atoms with E-state index < -0.39 is 0 Å². The zero-order valence-electron chi connectivity index (χ0n) is 10.4. The summed E-state index contributed by atoms with van der Waals surface area (Å²) < 4.78 is 18.8. The predicted molar refractivity (Wildman–Crippen MR) is 65.7 cm³/mol. The molecule has 1 aliphatic rings. The Balaban J connectivity index is 2.02. The van der Waals surface area contributed by atoms with Crippen LogP contribution in [-0.2, 0) is 6.54 Å². The Bertz CT molecular complexity index is 384. The molecule has 1 atom stereocenters. The summed E-state index contributed by atoms with van der Waals surface area (Å²) >= 11 is 0. The standard InChI is InChI=1S/C13H19FN2O/c1-10-8-16(6-5-15-10)9-11-3-4-12(17-2)7-13(11)14/h3-4,7,10,15H,5-6,8-9H2,1-2H3. The summed E-state index contributed by atoms with van der Waals surface area (Å²) in [7, 11) is 1.55. The molecule has 0 aromatic heterocycles. The van der Waals surface area contributed by atoms with E-state index in [2.05, 4.69) is 17.1 Å². The lowest BCUT2D eigenvalue weighted by molar-refractivity contribution is 0.197. The number of hydrogen-bond donors (Lipinski definition) is 1. The van der Waals surface area contributed by atoms with Crippen LogP contribution in [0.2, 0.25) is 0 Å². The lowest BCUT2D eigenvalue weighted by Gasteiger charge is -2.31. The van der Waals surface area contributed by atoms with Crippen LogP contribution < -0.4 is 10.1 Å². The van der Waals surface area contributed by atoms with Gasteiger partial charge in [0.1, 0.15) is 11.6 Å². The molecule has 3 nitrogen and oxygen atoms in total. The maximum Gasteiger partial charge on any atom is 0.131 e. The lowest BCUT2D eigenvalue weighted by atomic mass is 10.1. The average molecular weight is 238 g/mol. The third-order valence-electron chi connectivity index (χ3n) is 3.11. The van der Waals surface area contributed by atoms with Gasteiger partial charge in [-0.2, -0.15) is 0 Å². The molecule has 1 aromatic rings. The molecule has 4 heteroatoms. The first-order chi connectivity index (χ1) is 8.19. The van der Waals surface area contributed by atoms with E-state index in [1.165, 1.54) is 6.07 Å². The Morgan fingerprint density at radius 3 is 3.00 bits per heavy atom. The van der Waals surface area contributed by atoms with E-state index in [4.69, 9.17) is 4.74 Å². The van der Waals surface area contributed by atoms with Gasteiger partial charge in [0.25, 0.3) is 0 Å². The average Bonchev–Trinajstić information content (AvgIpc) is 2.32. The first-order valence-corrected chi connectivity index (χ1v) is 5.97. The van der Waals surface area contributed by atoms with Crippen molar-refractivity contribution in [2.45, 2.75) is 19.5 Å². The topological polar surface area (TPSA) is 24.5 Å². The SMILES string of the molecule is COc1ccc(CN2CCNC(C)C2)c(F)c1. The highest BCUT2D eigenvalue weighted by Crippen LogP contribution is 2.18. The van der Waals surface area contributed by atoms with Crippen molar-refractivity contribution in [1.29, 1.82) is 0 Å². The summed E-state index contributed by atoms with van der Waals surface area (Å²) in [5, 5.41) is 3.38. The summed E-state index contributed by atoms with van der Waals surface area (Å²) in [6, 6.07) is 5.54. The number of benzene rings is 1. The second-order valence-corrected chi connectivity index (χ2v) is 4.55. The van der Waals surface area contributed by atoms with Crippen molar-refractivity contribution in [3.63, 3.8) is 0 Å². The van der Waals surface area contributed by atoms with Gasteiger partial charge in [-0.25, -0.2) is 4.39 Å². The van der Waals surface area contributed by atoms with Crippen molar-refractivity contribution in [2.24, 2.45) is 0 Å². The summed E-state index contributed by atoms with van der Waals surface area (Å²) in [5.74, 6) is 0.385. The summed E-state index contributed by atoms with van der Waals surface area (Å²) in [6.45, 7) is 5.72. The molecule has 17 heavy (non-hydrogen) atoms. The van der Waals surface area contributed by atoms with Gasteiger partial charge in [-0.15, -0.1) is 0 Å². The van der Waals surface area contributed by atoms with Crippen LogP contribution in [0.3, 0.4) is 0 Å². The van der Waals surface area contributed by atoms with Crippen LogP contribution >= 0.6 is 0 Å². The van der Waals surface area contributed by atoms with E-state index in [1.807, 2.05) is 6.07 Å². The number of hydrogen-bond acceptors (Lipinski definition) is 3. The first kappa shape index (κ1) is 12.3. The molecular weight excluding hydrogens is 219 g/mol. The molecule has 1 saturated heterocycles. The van der Waals surface area contributed by atoms with Gasteiger partial charge in [0.2, 0.25) is 0 Å². The van der Waals surface area contributed by atoms with E-state index in [9.17, 15) is 4.39 Å². The fourth-order valence-corrected chi connectivity index (χ4v) is 2.18. The number of ether oxygens (including phenoxy) is 1. The number of methoxy groups -OCH3 is 1. The van der Waals surface area contributed by atoms with Crippen molar-refractivity contribution < 1.29 is 9.13 Å². The monoisotopic (exact) mass is 238 g/mol. The van der Waals surface area contributed by atoms with Crippen LogP contribution in [0.25, 0.3) is 0 Å². The lowest BCUT2D eigenvalue weighted by Crippen LogP contribution is -2.48. The number of rotatable bonds is 3. The number of piperazine rings is 1. The molecule has 0 amide bonds. The quantitative estimate of drug-likeness (QED) is 0.866. The molecule has 1 aliphatic heterocycles. The second kappa shape index (κ2) is 5.47. The molecular formula is C13H19FN2O. The molecule has 94 valence electrons. The number of nitrogens with zero attached hydrogens (tertiary/aromatic N) is 1. The van der Waals surface area contributed by atoms with Crippen molar-refractivity contribution in [1.82, 2.24) is 10.2 Å². The molecule has 0 spiro atoms. The van der Waals surface area contributed by atoms with Gasteiger partial charge >= 0.3 is 0 Å². The normalized spacial score (nSPS) is 21.5. The predicted octanol–water partition coefficient (Wildman–Crippen LogP) is 1.63. The Kier molecular flexibility index (Phi) is 3.97. The van der Waals surface area contributed by atoms with Crippen molar-refractivity contribution >= 4 is 0 Å². The van der Waals surface area contributed by atoms with E-state index in [-0.39, 0.29) is 5.82 Å². The highest BCUT2D eigenvalue weighted by Gasteiger charge is 2.16. The molecule has 1 unspecified atom stereocenters. The first-order valence-electron chi connectivity index (χ1n) is 5.97. The van der Waals surface area contributed by atoms with Crippen LogP contribution in [0.15, 0.2) is 18.2 Å². The summed E-state index contributed by atoms with van der Waals surface area (Å²) in [6.07, 6.45) is 0. The smallest absolute Gasteiger partial charge is 0.131 e. The Hall–Kier alpha value is -1.13. The molecule has 1 fully saturated rings. The van der Waals surface area contributed by atoms with Gasteiger partial charge < -0.3 is 10.1 Å². The Morgan fingerprint density at radius 2 is 2.35 bits per heavy atom. The zero-order chi connectivity index (χ0) is 12.3. The number of nitrogens with one attached hydrogen (secondary N) is 1.